The van der Waals surface area contributed by atoms with Crippen molar-refractivity contribution >= 4 is 5.91 Å². The predicted octanol–water partition coefficient (Wildman–Crippen LogP) is 3.36. The van der Waals surface area contributed by atoms with E-state index >= 15 is 0 Å². The van der Waals surface area contributed by atoms with Crippen molar-refractivity contribution in [2.45, 2.75) is 31.5 Å². The number of aryl methyl sites for hydroxylation is 1. The summed E-state index contributed by atoms with van der Waals surface area (Å²) in [5.74, 6) is -0.244. The molecule has 0 unspecified atom stereocenters. The minimum absolute atomic E-state index is 0.140. The Balaban J connectivity index is 1.71. The van der Waals surface area contributed by atoms with Crippen molar-refractivity contribution in [1.29, 1.82) is 0 Å². The molecular formula is C19H20F3NO2. The van der Waals surface area contributed by atoms with Crippen LogP contribution in [-0.4, -0.2) is 23.7 Å². The number of amides is 1. The molecule has 134 valence electrons. The van der Waals surface area contributed by atoms with Crippen molar-refractivity contribution in [3.63, 3.8) is 0 Å². The molecule has 2 aromatic rings. The van der Waals surface area contributed by atoms with E-state index < -0.39 is 17.8 Å². The second-order valence-electron chi connectivity index (χ2n) is 5.84. The van der Waals surface area contributed by atoms with E-state index in [1.54, 1.807) is 0 Å². The van der Waals surface area contributed by atoms with Crippen LogP contribution in [0.4, 0.5) is 13.2 Å². The summed E-state index contributed by atoms with van der Waals surface area (Å²) in [4.78, 5) is 11.8. The van der Waals surface area contributed by atoms with Gasteiger partial charge in [-0.15, -0.1) is 0 Å². The van der Waals surface area contributed by atoms with Crippen LogP contribution in [0.5, 0.6) is 0 Å². The summed E-state index contributed by atoms with van der Waals surface area (Å²) in [5.41, 5.74) is 0.937. The number of rotatable bonds is 7. The quantitative estimate of drug-likeness (QED) is 0.804. The summed E-state index contributed by atoms with van der Waals surface area (Å²) in [6.07, 6.45) is -4.09. The third-order valence-electron chi connectivity index (χ3n) is 3.77. The molecule has 1 amide bonds. The third-order valence-corrected chi connectivity index (χ3v) is 3.77. The van der Waals surface area contributed by atoms with Crippen LogP contribution in [0.3, 0.4) is 0 Å². The van der Waals surface area contributed by atoms with Crippen LogP contribution in [0.1, 0.15) is 23.1 Å². The van der Waals surface area contributed by atoms with Crippen LogP contribution in [0.25, 0.3) is 0 Å². The monoisotopic (exact) mass is 351 g/mol. The maximum atomic E-state index is 12.5. The van der Waals surface area contributed by atoms with E-state index in [2.05, 4.69) is 5.32 Å². The average molecular weight is 351 g/mol. The van der Waals surface area contributed by atoms with Gasteiger partial charge in [0.15, 0.2) is 0 Å². The van der Waals surface area contributed by atoms with Crippen molar-refractivity contribution in [3.8, 4) is 0 Å². The Morgan fingerprint density at radius 1 is 1.00 bits per heavy atom. The Morgan fingerprint density at radius 3 is 2.24 bits per heavy atom. The van der Waals surface area contributed by atoms with Crippen molar-refractivity contribution in [3.05, 3.63) is 71.3 Å². The van der Waals surface area contributed by atoms with Gasteiger partial charge in [-0.3, -0.25) is 4.79 Å². The Bertz CT molecular complexity index is 669. The van der Waals surface area contributed by atoms with Gasteiger partial charge in [0.1, 0.15) is 0 Å². The van der Waals surface area contributed by atoms with E-state index in [1.165, 1.54) is 12.1 Å². The molecule has 0 heterocycles. The lowest BCUT2D eigenvalue weighted by atomic mass is 10.1. The van der Waals surface area contributed by atoms with Crippen LogP contribution in [0.2, 0.25) is 0 Å². The number of benzene rings is 2. The molecule has 0 aromatic heterocycles. The Morgan fingerprint density at radius 2 is 1.64 bits per heavy atom. The molecule has 25 heavy (non-hydrogen) atoms. The van der Waals surface area contributed by atoms with Crippen LogP contribution in [-0.2, 0) is 23.8 Å². The largest absolute Gasteiger partial charge is 0.416 e. The number of hydrogen-bond donors (Lipinski definition) is 2. The Kier molecular flexibility index (Phi) is 6.58. The number of carbonyl (C=O) groups is 1. The number of hydrogen-bond acceptors (Lipinski definition) is 2. The van der Waals surface area contributed by atoms with Gasteiger partial charge >= 0.3 is 6.18 Å². The zero-order valence-corrected chi connectivity index (χ0v) is 13.6. The fraction of sp³-hybridized carbons (Fsp3) is 0.316. The molecule has 0 fully saturated rings. The average Bonchev–Trinajstić information content (AvgIpc) is 2.58. The summed E-state index contributed by atoms with van der Waals surface area (Å²) >= 11 is 0. The maximum Gasteiger partial charge on any atom is 0.416 e. The predicted molar refractivity (Wildman–Crippen MR) is 88.9 cm³/mol. The fourth-order valence-electron chi connectivity index (χ4n) is 2.40. The lowest BCUT2D eigenvalue weighted by Crippen LogP contribution is -2.33. The zero-order chi connectivity index (χ0) is 18.3. The van der Waals surface area contributed by atoms with Gasteiger partial charge in [0.2, 0.25) is 5.91 Å². The molecule has 0 saturated heterocycles. The molecule has 0 aliphatic heterocycles. The summed E-state index contributed by atoms with van der Waals surface area (Å²) in [6, 6.07) is 14.2. The Labute approximate surface area is 144 Å². The number of alkyl halides is 3. The molecular weight excluding hydrogens is 331 g/mol. The van der Waals surface area contributed by atoms with Gasteiger partial charge in [-0.05, 0) is 29.7 Å². The highest BCUT2D eigenvalue weighted by Crippen LogP contribution is 2.29. The number of aliphatic hydroxyl groups is 1. The van der Waals surface area contributed by atoms with Crippen molar-refractivity contribution < 1.29 is 23.1 Å². The molecule has 6 heteroatoms. The SMILES string of the molecule is O=C(CCc1ccc(C(F)(F)F)cc1)NC[C@@H](O)Cc1ccccc1. The molecule has 0 radical (unpaired) electrons. The Hall–Kier alpha value is -2.34. The molecule has 0 aliphatic rings. The van der Waals surface area contributed by atoms with Crippen LogP contribution < -0.4 is 5.32 Å². The summed E-state index contributed by atoms with van der Waals surface area (Å²) in [7, 11) is 0. The summed E-state index contributed by atoms with van der Waals surface area (Å²) in [6.45, 7) is 0.140. The zero-order valence-electron chi connectivity index (χ0n) is 13.6. The highest BCUT2D eigenvalue weighted by molar-refractivity contribution is 5.76. The van der Waals surface area contributed by atoms with Gasteiger partial charge in [0.25, 0.3) is 0 Å². The number of carbonyl (C=O) groups excluding carboxylic acids is 1. The van der Waals surface area contributed by atoms with Gasteiger partial charge in [-0.2, -0.15) is 13.2 Å². The first kappa shape index (κ1) is 19.0. The lowest BCUT2D eigenvalue weighted by Gasteiger charge is -2.12. The lowest BCUT2D eigenvalue weighted by molar-refractivity contribution is -0.137. The van der Waals surface area contributed by atoms with E-state index in [-0.39, 0.29) is 18.9 Å². The number of halogens is 3. The minimum Gasteiger partial charge on any atom is -0.391 e. The second-order valence-corrected chi connectivity index (χ2v) is 5.84. The van der Waals surface area contributed by atoms with Crippen LogP contribution in [0, 0.1) is 0 Å². The molecule has 0 spiro atoms. The molecule has 2 N–H and O–H groups in total. The second kappa shape index (κ2) is 8.67. The highest BCUT2D eigenvalue weighted by atomic mass is 19.4. The molecule has 2 rings (SSSR count). The number of aliphatic hydroxyl groups excluding tert-OH is 1. The van der Waals surface area contributed by atoms with E-state index in [9.17, 15) is 23.1 Å². The van der Waals surface area contributed by atoms with Crippen LogP contribution in [0.15, 0.2) is 54.6 Å². The normalized spacial score (nSPS) is 12.6. The smallest absolute Gasteiger partial charge is 0.391 e. The standard InChI is InChI=1S/C19H20F3NO2/c20-19(21,22)16-9-6-14(7-10-16)8-11-18(25)23-13-17(24)12-15-4-2-1-3-5-15/h1-7,9-10,17,24H,8,11-13H2,(H,23,25)/t17-/m0/s1. The van der Waals surface area contributed by atoms with E-state index in [1.807, 2.05) is 30.3 Å². The molecule has 1 atom stereocenters. The maximum absolute atomic E-state index is 12.5. The molecule has 2 aromatic carbocycles. The fourth-order valence-corrected chi connectivity index (χ4v) is 2.40. The third kappa shape index (κ3) is 6.58. The summed E-state index contributed by atoms with van der Waals surface area (Å²) in [5, 5.41) is 12.6. The minimum atomic E-state index is -4.36. The van der Waals surface area contributed by atoms with E-state index in [4.69, 9.17) is 0 Å². The number of nitrogens with one attached hydrogen (secondary N) is 1. The van der Waals surface area contributed by atoms with E-state index in [0.29, 0.717) is 18.4 Å². The molecule has 3 nitrogen and oxygen atoms in total. The van der Waals surface area contributed by atoms with Gasteiger partial charge in [-0.25, -0.2) is 0 Å². The first-order chi connectivity index (χ1) is 11.8. The van der Waals surface area contributed by atoms with Gasteiger partial charge in [-0.1, -0.05) is 42.5 Å². The first-order valence-electron chi connectivity index (χ1n) is 7.99. The summed E-state index contributed by atoms with van der Waals surface area (Å²) < 4.78 is 37.4. The van der Waals surface area contributed by atoms with Gasteiger partial charge in [0.05, 0.1) is 11.7 Å². The highest BCUT2D eigenvalue weighted by Gasteiger charge is 2.29. The van der Waals surface area contributed by atoms with Crippen molar-refractivity contribution in [1.82, 2.24) is 5.32 Å². The molecule has 0 saturated carbocycles. The van der Waals surface area contributed by atoms with Crippen molar-refractivity contribution in [2.24, 2.45) is 0 Å². The van der Waals surface area contributed by atoms with Gasteiger partial charge in [0, 0.05) is 19.4 Å². The van der Waals surface area contributed by atoms with E-state index in [0.717, 1.165) is 17.7 Å². The first-order valence-corrected chi connectivity index (χ1v) is 7.99. The molecule has 0 aliphatic carbocycles. The van der Waals surface area contributed by atoms with Crippen molar-refractivity contribution in [2.75, 3.05) is 6.54 Å². The molecule has 0 bridgehead atoms. The topological polar surface area (TPSA) is 49.3 Å². The van der Waals surface area contributed by atoms with Gasteiger partial charge < -0.3 is 10.4 Å². The van der Waals surface area contributed by atoms with Crippen LogP contribution >= 0.6 is 0 Å².